The van der Waals surface area contributed by atoms with Crippen molar-refractivity contribution < 1.29 is 38.5 Å². The van der Waals surface area contributed by atoms with Crippen LogP contribution >= 0.6 is 0 Å². The molecule has 0 bridgehead atoms. The van der Waals surface area contributed by atoms with Gasteiger partial charge in [0.15, 0.2) is 0 Å². The highest BCUT2D eigenvalue weighted by Gasteiger charge is 2.31. The smallest absolute Gasteiger partial charge is 0.408 e. The number of benzene rings is 3. The van der Waals surface area contributed by atoms with Gasteiger partial charge in [0.1, 0.15) is 31.6 Å². The van der Waals surface area contributed by atoms with Crippen molar-refractivity contribution in [2.45, 2.75) is 70.4 Å². The monoisotopic (exact) mass is 671 g/mol. The van der Waals surface area contributed by atoms with Crippen LogP contribution in [0.2, 0.25) is 0 Å². The highest BCUT2D eigenvalue weighted by Crippen LogP contribution is 2.18. The van der Waals surface area contributed by atoms with Crippen LogP contribution < -0.4 is 20.7 Å². The van der Waals surface area contributed by atoms with Gasteiger partial charge in [-0.3, -0.25) is 9.59 Å². The number of esters is 1. The molecule has 4 rings (SSSR count). The Balaban J connectivity index is 1.31. The van der Waals surface area contributed by atoms with E-state index in [1.54, 1.807) is 26.0 Å². The molecule has 0 aliphatic carbocycles. The lowest BCUT2D eigenvalue weighted by atomic mass is 9.96. The molecule has 1 aliphatic rings. The SMILES string of the molecule is CC1(C)COC(=O)[C@H](NC(=O)OCc2ccccc2)C/C=C\C[C@H](CC(=O)N[C@H](CO)Cc2ccc(OCc3ccccc3)cc2)C(=O)N1. The first-order valence-corrected chi connectivity index (χ1v) is 16.4. The summed E-state index contributed by atoms with van der Waals surface area (Å²) in [5.41, 5.74) is 1.82. The summed E-state index contributed by atoms with van der Waals surface area (Å²) in [6, 6.07) is 24.9. The third-order valence-electron chi connectivity index (χ3n) is 7.83. The molecule has 0 radical (unpaired) electrons. The lowest BCUT2D eigenvalue weighted by Gasteiger charge is -2.29. The number of aliphatic hydroxyl groups is 1. The predicted octanol–water partition coefficient (Wildman–Crippen LogP) is 4.37. The number of rotatable bonds is 12. The zero-order chi connectivity index (χ0) is 35.1. The van der Waals surface area contributed by atoms with Crippen molar-refractivity contribution in [2.24, 2.45) is 5.92 Å². The minimum Gasteiger partial charge on any atom is -0.489 e. The van der Waals surface area contributed by atoms with E-state index >= 15 is 0 Å². The second-order valence-electron chi connectivity index (χ2n) is 12.7. The molecule has 1 heterocycles. The summed E-state index contributed by atoms with van der Waals surface area (Å²) in [5, 5.41) is 18.3. The van der Waals surface area contributed by atoms with E-state index < -0.39 is 35.6 Å². The van der Waals surface area contributed by atoms with E-state index in [0.717, 1.165) is 16.7 Å². The van der Waals surface area contributed by atoms with E-state index in [-0.39, 0.29) is 50.9 Å². The number of carbonyl (C=O) groups excluding carboxylic acids is 4. The van der Waals surface area contributed by atoms with Gasteiger partial charge in [0.25, 0.3) is 0 Å². The zero-order valence-electron chi connectivity index (χ0n) is 27.9. The van der Waals surface area contributed by atoms with Crippen molar-refractivity contribution in [1.82, 2.24) is 16.0 Å². The van der Waals surface area contributed by atoms with Crippen molar-refractivity contribution in [3.63, 3.8) is 0 Å². The lowest BCUT2D eigenvalue weighted by Crippen LogP contribution is -2.51. The van der Waals surface area contributed by atoms with E-state index in [2.05, 4.69) is 16.0 Å². The largest absolute Gasteiger partial charge is 0.489 e. The third-order valence-corrected chi connectivity index (χ3v) is 7.83. The van der Waals surface area contributed by atoms with Gasteiger partial charge in [-0.05, 0) is 61.9 Å². The standard InChI is InChI=1S/C38H45N3O8/c1-38(2)26-49-36(45)33(40-37(46)48-25-29-13-7-4-8-14-29)16-10-9-15-30(35(44)41-38)22-34(43)39-31(23-42)21-27-17-19-32(20-18-27)47-24-28-11-5-3-6-12-28/h3-14,17-20,30-31,33,42H,15-16,21-26H2,1-2H3,(H,39,43)(H,40,46)(H,41,44)/b10-9-/t30-,31+,33-/m1/s1. The number of nitrogens with one attached hydrogen (secondary N) is 3. The summed E-state index contributed by atoms with van der Waals surface area (Å²) in [6.07, 6.45) is 3.18. The second kappa shape index (κ2) is 18.4. The molecule has 3 aromatic rings. The minimum atomic E-state index is -1.01. The summed E-state index contributed by atoms with van der Waals surface area (Å²) >= 11 is 0. The van der Waals surface area contributed by atoms with Gasteiger partial charge in [-0.25, -0.2) is 9.59 Å². The second-order valence-corrected chi connectivity index (χ2v) is 12.7. The highest BCUT2D eigenvalue weighted by molar-refractivity contribution is 5.86. The molecule has 0 saturated heterocycles. The first-order valence-electron chi connectivity index (χ1n) is 16.4. The highest BCUT2D eigenvalue weighted by atomic mass is 16.6. The van der Waals surface area contributed by atoms with Gasteiger partial charge in [0.05, 0.1) is 24.1 Å². The van der Waals surface area contributed by atoms with E-state index in [4.69, 9.17) is 14.2 Å². The molecular formula is C38H45N3O8. The molecule has 0 unspecified atom stereocenters. The molecule has 11 nitrogen and oxygen atoms in total. The number of carbonyl (C=O) groups is 4. The fourth-order valence-corrected chi connectivity index (χ4v) is 5.14. The molecular weight excluding hydrogens is 626 g/mol. The Hall–Kier alpha value is -5.16. The van der Waals surface area contributed by atoms with Crippen LogP contribution in [0.15, 0.2) is 97.1 Å². The van der Waals surface area contributed by atoms with E-state index in [1.807, 2.05) is 84.9 Å². The number of cyclic esters (lactones) is 1. The molecule has 0 fully saturated rings. The van der Waals surface area contributed by atoms with Gasteiger partial charge in [-0.1, -0.05) is 84.9 Å². The first kappa shape index (κ1) is 36.7. The van der Waals surface area contributed by atoms with Gasteiger partial charge in [0.2, 0.25) is 11.8 Å². The van der Waals surface area contributed by atoms with Crippen molar-refractivity contribution in [3.05, 3.63) is 114 Å². The maximum Gasteiger partial charge on any atom is 0.408 e. The quantitative estimate of drug-likeness (QED) is 0.164. The molecule has 0 saturated carbocycles. The van der Waals surface area contributed by atoms with Gasteiger partial charge in [-0.2, -0.15) is 0 Å². The fraction of sp³-hybridized carbons (Fsp3) is 0.368. The summed E-state index contributed by atoms with van der Waals surface area (Å²) in [7, 11) is 0. The normalized spacial score (nSPS) is 19.1. The Labute approximate surface area is 287 Å². The summed E-state index contributed by atoms with van der Waals surface area (Å²) < 4.78 is 16.6. The van der Waals surface area contributed by atoms with Crippen molar-refractivity contribution in [2.75, 3.05) is 13.2 Å². The Morgan fingerprint density at radius 2 is 1.53 bits per heavy atom. The third kappa shape index (κ3) is 12.8. The van der Waals surface area contributed by atoms with Gasteiger partial charge >= 0.3 is 12.1 Å². The van der Waals surface area contributed by atoms with Crippen LogP contribution in [0.25, 0.3) is 0 Å². The Morgan fingerprint density at radius 1 is 0.898 bits per heavy atom. The van der Waals surface area contributed by atoms with E-state index in [9.17, 15) is 24.3 Å². The number of alkyl carbamates (subject to hydrolysis) is 1. The molecule has 49 heavy (non-hydrogen) atoms. The van der Waals surface area contributed by atoms with Crippen LogP contribution in [-0.4, -0.2) is 59.8 Å². The average Bonchev–Trinajstić information content (AvgIpc) is 3.10. The Morgan fingerprint density at radius 3 is 2.18 bits per heavy atom. The topological polar surface area (TPSA) is 152 Å². The molecule has 4 N–H and O–H groups in total. The maximum absolute atomic E-state index is 13.3. The number of aliphatic hydroxyl groups excluding tert-OH is 1. The summed E-state index contributed by atoms with van der Waals surface area (Å²) in [4.78, 5) is 51.8. The molecule has 3 aromatic carbocycles. The van der Waals surface area contributed by atoms with Crippen molar-refractivity contribution in [3.8, 4) is 5.75 Å². The van der Waals surface area contributed by atoms with Crippen LogP contribution in [0.3, 0.4) is 0 Å². The number of hydrogen-bond acceptors (Lipinski definition) is 8. The maximum atomic E-state index is 13.3. The van der Waals surface area contributed by atoms with Gasteiger partial charge in [0, 0.05) is 6.42 Å². The molecule has 0 spiro atoms. The number of amides is 3. The Kier molecular flexibility index (Phi) is 13.8. The van der Waals surface area contributed by atoms with Crippen LogP contribution in [0.5, 0.6) is 5.75 Å². The van der Waals surface area contributed by atoms with Crippen LogP contribution in [0, 0.1) is 5.92 Å². The predicted molar refractivity (Wildman–Crippen MR) is 183 cm³/mol. The zero-order valence-corrected chi connectivity index (χ0v) is 27.9. The average molecular weight is 672 g/mol. The van der Waals surface area contributed by atoms with E-state index in [0.29, 0.717) is 18.8 Å². The summed E-state index contributed by atoms with van der Waals surface area (Å²) in [5.74, 6) is -1.43. The molecule has 11 heteroatoms. The fourth-order valence-electron chi connectivity index (χ4n) is 5.14. The summed E-state index contributed by atoms with van der Waals surface area (Å²) in [6.45, 7) is 3.46. The number of ether oxygens (including phenoxy) is 3. The van der Waals surface area contributed by atoms with Gasteiger partial charge < -0.3 is 35.3 Å². The minimum absolute atomic E-state index is 0.0423. The molecule has 1 aliphatic heterocycles. The van der Waals surface area contributed by atoms with Crippen LogP contribution in [0.4, 0.5) is 4.79 Å². The van der Waals surface area contributed by atoms with Crippen molar-refractivity contribution >= 4 is 23.9 Å². The van der Waals surface area contributed by atoms with Gasteiger partial charge in [-0.15, -0.1) is 0 Å². The lowest BCUT2D eigenvalue weighted by molar-refractivity contribution is -0.149. The molecule has 0 aromatic heterocycles. The molecule has 260 valence electrons. The van der Waals surface area contributed by atoms with E-state index in [1.165, 1.54) is 0 Å². The van der Waals surface area contributed by atoms with Crippen LogP contribution in [-0.2, 0) is 43.5 Å². The first-order chi connectivity index (χ1) is 23.6. The Bertz CT molecular complexity index is 1540. The molecule has 3 amide bonds. The van der Waals surface area contributed by atoms with Crippen LogP contribution in [0.1, 0.15) is 49.8 Å². The number of allylic oxidation sites excluding steroid dienone is 1. The molecule has 3 atom stereocenters. The van der Waals surface area contributed by atoms with Crippen molar-refractivity contribution in [1.29, 1.82) is 0 Å². The number of hydrogen-bond donors (Lipinski definition) is 4.